The lowest BCUT2D eigenvalue weighted by Crippen LogP contribution is -2.69. The summed E-state index contributed by atoms with van der Waals surface area (Å²) in [6, 6.07) is 9.59. The third kappa shape index (κ3) is 3.95. The normalized spacial score (nSPS) is 36.9. The fourth-order valence-corrected chi connectivity index (χ4v) is 3.29. The molecular weight excluding hydrogens is 370 g/mol. The predicted molar refractivity (Wildman–Crippen MR) is 96.6 cm³/mol. The molecule has 0 amide bonds. The Hall–Kier alpha value is -1.88. The van der Waals surface area contributed by atoms with Gasteiger partial charge >= 0.3 is 0 Å². The van der Waals surface area contributed by atoms with Crippen molar-refractivity contribution < 1.29 is 33.3 Å². The molecule has 0 saturated carbocycles. The molecule has 0 aliphatic carbocycles. The van der Waals surface area contributed by atoms with Crippen LogP contribution in [0.2, 0.25) is 0 Å². The summed E-state index contributed by atoms with van der Waals surface area (Å²) in [4.78, 5) is 10.5. The molecule has 0 aromatic heterocycles. The van der Waals surface area contributed by atoms with Crippen molar-refractivity contribution >= 4 is 0 Å². The van der Waals surface area contributed by atoms with Crippen LogP contribution < -0.4 is 0 Å². The first kappa shape index (κ1) is 20.8. The monoisotopic (exact) mass is 395 g/mol. The number of benzene rings is 1. The summed E-state index contributed by atoms with van der Waals surface area (Å²) in [5.41, 5.74) is 1.29. The molecule has 9 nitrogen and oxygen atoms in total. The first-order valence-corrected chi connectivity index (χ1v) is 8.89. The van der Waals surface area contributed by atoms with Gasteiger partial charge in [-0.3, -0.25) is 10.1 Å². The van der Waals surface area contributed by atoms with Crippen LogP contribution in [0.15, 0.2) is 42.1 Å². The fourth-order valence-electron chi connectivity index (χ4n) is 3.29. The highest BCUT2D eigenvalue weighted by Gasteiger charge is 2.60. The average Bonchev–Trinajstić information content (AvgIpc) is 2.69. The van der Waals surface area contributed by atoms with Crippen LogP contribution in [0.1, 0.15) is 19.4 Å². The number of hydrogen-bond acceptors (Lipinski definition) is 8. The number of rotatable bonds is 6. The van der Waals surface area contributed by atoms with Crippen molar-refractivity contribution in [1.29, 1.82) is 0 Å². The van der Waals surface area contributed by atoms with Gasteiger partial charge in [-0.2, -0.15) is 0 Å². The van der Waals surface area contributed by atoms with Crippen molar-refractivity contribution in [2.75, 3.05) is 20.8 Å². The number of nitrogens with zero attached hydrogens (tertiary/aromatic N) is 1. The maximum Gasteiger partial charge on any atom is 0.238 e. The molecule has 2 aliphatic rings. The van der Waals surface area contributed by atoms with Gasteiger partial charge < -0.3 is 28.4 Å². The highest BCUT2D eigenvalue weighted by Crippen LogP contribution is 2.44. The summed E-state index contributed by atoms with van der Waals surface area (Å²) in [7, 11) is 2.93. The van der Waals surface area contributed by atoms with Crippen molar-refractivity contribution in [3.8, 4) is 0 Å². The van der Waals surface area contributed by atoms with Crippen molar-refractivity contribution in [3.63, 3.8) is 0 Å². The third-order valence-corrected chi connectivity index (χ3v) is 5.19. The molecule has 0 unspecified atom stereocenters. The largest absolute Gasteiger partial charge is 0.349 e. The number of fused-ring (bicyclic) bond motifs is 1. The minimum absolute atomic E-state index is 0.0194. The quantitative estimate of drug-likeness (QED) is 0.534. The molecule has 0 bridgehead atoms. The van der Waals surface area contributed by atoms with Gasteiger partial charge in [-0.25, -0.2) is 0 Å². The molecule has 1 aromatic carbocycles. The molecule has 0 spiro atoms. The Morgan fingerprint density at radius 3 is 2.43 bits per heavy atom. The van der Waals surface area contributed by atoms with Crippen LogP contribution >= 0.6 is 0 Å². The summed E-state index contributed by atoms with van der Waals surface area (Å²) >= 11 is 0. The first-order chi connectivity index (χ1) is 13.3. The molecular formula is C19H25NO8. The zero-order valence-electron chi connectivity index (χ0n) is 16.3. The topological polar surface area (TPSA) is 98.5 Å². The van der Waals surface area contributed by atoms with E-state index >= 15 is 0 Å². The molecule has 2 saturated heterocycles. The Morgan fingerprint density at radius 1 is 1.18 bits per heavy atom. The number of ether oxygens (including phenoxy) is 6. The second-order valence-electron chi connectivity index (χ2n) is 6.89. The summed E-state index contributed by atoms with van der Waals surface area (Å²) < 4.78 is 34.9. The lowest BCUT2D eigenvalue weighted by molar-refractivity contribution is -0.467. The lowest BCUT2D eigenvalue weighted by Gasteiger charge is -2.54. The SMILES string of the molecule is CO[C@@]1(C)O[C@@H]2[C@H](OCc3ccccc3)OC/C(=C\[N+](=O)[O-])[C@H]2O[C@]1(C)OC. The first-order valence-electron chi connectivity index (χ1n) is 8.89. The van der Waals surface area contributed by atoms with Crippen LogP contribution in [-0.4, -0.2) is 55.8 Å². The average molecular weight is 395 g/mol. The van der Waals surface area contributed by atoms with E-state index in [2.05, 4.69) is 0 Å². The van der Waals surface area contributed by atoms with E-state index < -0.39 is 35.0 Å². The van der Waals surface area contributed by atoms with Gasteiger partial charge in [0.05, 0.1) is 23.7 Å². The van der Waals surface area contributed by atoms with E-state index in [4.69, 9.17) is 28.4 Å². The Bertz CT molecular complexity index is 726. The van der Waals surface area contributed by atoms with Crippen molar-refractivity contribution in [3.05, 3.63) is 57.8 Å². The second-order valence-corrected chi connectivity index (χ2v) is 6.89. The van der Waals surface area contributed by atoms with Crippen molar-refractivity contribution in [2.24, 2.45) is 0 Å². The molecule has 2 heterocycles. The van der Waals surface area contributed by atoms with E-state index in [1.54, 1.807) is 13.8 Å². The third-order valence-electron chi connectivity index (χ3n) is 5.19. The Balaban J connectivity index is 1.86. The Kier molecular flexibility index (Phi) is 6.13. The van der Waals surface area contributed by atoms with E-state index in [1.807, 2.05) is 30.3 Å². The van der Waals surface area contributed by atoms with E-state index in [-0.39, 0.29) is 13.2 Å². The zero-order valence-corrected chi connectivity index (χ0v) is 16.3. The van der Waals surface area contributed by atoms with E-state index in [0.29, 0.717) is 5.57 Å². The van der Waals surface area contributed by atoms with Gasteiger partial charge in [0.2, 0.25) is 17.8 Å². The van der Waals surface area contributed by atoms with Gasteiger partial charge in [-0.15, -0.1) is 0 Å². The summed E-state index contributed by atoms with van der Waals surface area (Å²) in [6.45, 7) is 3.60. The fraction of sp³-hybridized carbons (Fsp3) is 0.579. The number of nitro groups is 1. The molecule has 28 heavy (non-hydrogen) atoms. The zero-order chi connectivity index (χ0) is 20.4. The molecule has 0 N–H and O–H groups in total. The minimum atomic E-state index is -1.29. The second kappa shape index (κ2) is 8.24. The summed E-state index contributed by atoms with van der Waals surface area (Å²) in [5, 5.41) is 11.0. The molecule has 9 heteroatoms. The van der Waals surface area contributed by atoms with Crippen LogP contribution in [0.4, 0.5) is 0 Å². The number of methoxy groups -OCH3 is 2. The molecule has 5 atom stereocenters. The lowest BCUT2D eigenvalue weighted by atomic mass is 9.96. The molecule has 154 valence electrons. The van der Waals surface area contributed by atoms with Crippen LogP contribution in [0.3, 0.4) is 0 Å². The van der Waals surface area contributed by atoms with E-state index in [0.717, 1.165) is 11.8 Å². The highest BCUT2D eigenvalue weighted by molar-refractivity contribution is 5.16. The van der Waals surface area contributed by atoms with Crippen LogP contribution in [0.5, 0.6) is 0 Å². The van der Waals surface area contributed by atoms with E-state index in [9.17, 15) is 10.1 Å². The van der Waals surface area contributed by atoms with Crippen molar-refractivity contribution in [2.45, 2.75) is 50.5 Å². The Morgan fingerprint density at radius 2 is 1.82 bits per heavy atom. The van der Waals surface area contributed by atoms with Crippen LogP contribution in [-0.2, 0) is 35.0 Å². The minimum Gasteiger partial charge on any atom is -0.349 e. The molecule has 2 fully saturated rings. The maximum absolute atomic E-state index is 11.0. The molecule has 3 rings (SSSR count). The van der Waals surface area contributed by atoms with Gasteiger partial charge in [-0.1, -0.05) is 30.3 Å². The van der Waals surface area contributed by atoms with Crippen LogP contribution in [0, 0.1) is 10.1 Å². The van der Waals surface area contributed by atoms with Gasteiger partial charge in [0.15, 0.2) is 6.29 Å². The molecule has 2 aliphatic heterocycles. The van der Waals surface area contributed by atoms with Crippen molar-refractivity contribution in [1.82, 2.24) is 0 Å². The molecule has 1 aromatic rings. The summed E-state index contributed by atoms with van der Waals surface area (Å²) in [6.07, 6.45) is -1.49. The molecule has 0 radical (unpaired) electrons. The van der Waals surface area contributed by atoms with Crippen LogP contribution in [0.25, 0.3) is 0 Å². The predicted octanol–water partition coefficient (Wildman–Crippen LogP) is 2.23. The number of hydrogen-bond donors (Lipinski definition) is 0. The summed E-state index contributed by atoms with van der Waals surface area (Å²) in [5.74, 6) is -2.57. The van der Waals surface area contributed by atoms with Gasteiger partial charge in [0.25, 0.3) is 0 Å². The van der Waals surface area contributed by atoms with Gasteiger partial charge in [0.1, 0.15) is 12.2 Å². The smallest absolute Gasteiger partial charge is 0.238 e. The van der Waals surface area contributed by atoms with Gasteiger partial charge in [-0.05, 0) is 19.4 Å². The highest BCUT2D eigenvalue weighted by atomic mass is 16.8. The van der Waals surface area contributed by atoms with E-state index in [1.165, 1.54) is 14.2 Å². The Labute approximate surface area is 163 Å². The standard InChI is InChI=1S/C19H25NO8/c1-18(23-3)19(2,24-4)28-16-15(27-18)14(10-20(21)22)12-26-17(16)25-11-13-8-6-5-7-9-13/h5-10,15-17H,11-12H2,1-4H3/b14-10+/t15-,16+,17-,18+,19+/m1/s1. The van der Waals surface area contributed by atoms with Gasteiger partial charge in [0, 0.05) is 14.2 Å². The maximum atomic E-state index is 11.0.